The van der Waals surface area contributed by atoms with Crippen molar-refractivity contribution in [3.05, 3.63) is 48.0 Å². The number of carbonyl (C=O) groups excluding carboxylic acids is 1. The Morgan fingerprint density at radius 1 is 1.12 bits per heavy atom. The maximum absolute atomic E-state index is 12.1. The van der Waals surface area contributed by atoms with Crippen LogP contribution in [-0.4, -0.2) is 38.8 Å². The van der Waals surface area contributed by atoms with Gasteiger partial charge in [0.25, 0.3) is 5.91 Å². The van der Waals surface area contributed by atoms with Crippen LogP contribution in [0.4, 0.5) is 5.69 Å². The normalized spacial score (nSPS) is 18.1. The zero-order chi connectivity index (χ0) is 17.2. The van der Waals surface area contributed by atoms with Crippen LogP contribution in [0.3, 0.4) is 0 Å². The lowest BCUT2D eigenvalue weighted by atomic mass is 10.1. The fourth-order valence-electron chi connectivity index (χ4n) is 3.16. The molecule has 0 unspecified atom stereocenters. The monoisotopic (exact) mass is 340 g/mol. The van der Waals surface area contributed by atoms with E-state index in [4.69, 9.17) is 14.2 Å². The summed E-state index contributed by atoms with van der Waals surface area (Å²) in [6, 6.07) is 13.7. The number of para-hydroxylation sites is 2. The maximum Gasteiger partial charge on any atom is 0.262 e. The molecule has 2 aliphatic rings. The van der Waals surface area contributed by atoms with Gasteiger partial charge in [-0.15, -0.1) is 0 Å². The van der Waals surface area contributed by atoms with Crippen molar-refractivity contribution in [2.75, 3.05) is 31.7 Å². The number of fused-ring (bicyclic) bond motifs is 2. The Balaban J connectivity index is 1.61. The second-order valence-electron chi connectivity index (χ2n) is 6.05. The number of hydrogen-bond acceptors (Lipinski definition) is 5. The number of amides is 1. The lowest BCUT2D eigenvalue weighted by Gasteiger charge is -2.35. The fraction of sp³-hybridized carbons (Fsp3) is 0.316. The zero-order valence-electron chi connectivity index (χ0n) is 14.0. The first kappa shape index (κ1) is 15.6. The minimum atomic E-state index is -0.530. The molecule has 1 N–H and O–H groups in total. The SMILES string of the molecule is CNC(=O)[C@@H]1CN(Cc2ccc3c(c2)OCCO3)c2ccccc2O1. The molecule has 0 aliphatic carbocycles. The molecule has 0 saturated heterocycles. The first-order valence-electron chi connectivity index (χ1n) is 8.35. The molecule has 4 rings (SSSR count). The molecular formula is C19H20N2O4. The van der Waals surface area contributed by atoms with Crippen molar-refractivity contribution in [3.63, 3.8) is 0 Å². The summed E-state index contributed by atoms with van der Waals surface area (Å²) in [6.45, 7) is 2.29. The Hall–Kier alpha value is -2.89. The Morgan fingerprint density at radius 3 is 2.76 bits per heavy atom. The largest absolute Gasteiger partial charge is 0.486 e. The van der Waals surface area contributed by atoms with E-state index in [0.29, 0.717) is 26.3 Å². The third-order valence-corrected chi connectivity index (χ3v) is 4.38. The molecule has 0 fully saturated rings. The zero-order valence-corrected chi connectivity index (χ0v) is 14.0. The molecule has 130 valence electrons. The first-order valence-corrected chi connectivity index (χ1v) is 8.35. The third kappa shape index (κ3) is 3.07. The van der Waals surface area contributed by atoms with Crippen LogP contribution >= 0.6 is 0 Å². The summed E-state index contributed by atoms with van der Waals surface area (Å²) in [5.74, 6) is 2.15. The van der Waals surface area contributed by atoms with Crippen LogP contribution in [0, 0.1) is 0 Å². The van der Waals surface area contributed by atoms with E-state index in [-0.39, 0.29) is 5.91 Å². The first-order chi connectivity index (χ1) is 12.2. The minimum Gasteiger partial charge on any atom is -0.486 e. The van der Waals surface area contributed by atoms with Gasteiger partial charge in [0.1, 0.15) is 19.0 Å². The summed E-state index contributed by atoms with van der Waals surface area (Å²) >= 11 is 0. The molecule has 6 nitrogen and oxygen atoms in total. The summed E-state index contributed by atoms with van der Waals surface area (Å²) in [7, 11) is 1.62. The lowest BCUT2D eigenvalue weighted by molar-refractivity contribution is -0.127. The number of likely N-dealkylation sites (N-methyl/N-ethyl adjacent to an activating group) is 1. The highest BCUT2D eigenvalue weighted by Crippen LogP contribution is 2.36. The van der Waals surface area contributed by atoms with Crippen LogP contribution in [0.25, 0.3) is 0 Å². The average molecular weight is 340 g/mol. The van der Waals surface area contributed by atoms with Crippen molar-refractivity contribution < 1.29 is 19.0 Å². The van der Waals surface area contributed by atoms with Gasteiger partial charge in [-0.1, -0.05) is 18.2 Å². The summed E-state index contributed by atoms with van der Waals surface area (Å²) in [4.78, 5) is 14.2. The second-order valence-corrected chi connectivity index (χ2v) is 6.05. The molecule has 0 spiro atoms. The Labute approximate surface area is 146 Å². The van der Waals surface area contributed by atoms with Gasteiger partial charge in [-0.3, -0.25) is 4.79 Å². The predicted molar refractivity (Wildman–Crippen MR) is 93.4 cm³/mol. The van der Waals surface area contributed by atoms with Gasteiger partial charge in [0.05, 0.1) is 12.2 Å². The molecule has 2 aliphatic heterocycles. The molecule has 1 amide bonds. The molecule has 0 aromatic heterocycles. The summed E-state index contributed by atoms with van der Waals surface area (Å²) in [5, 5.41) is 2.66. The third-order valence-electron chi connectivity index (χ3n) is 4.38. The Kier molecular flexibility index (Phi) is 4.09. The van der Waals surface area contributed by atoms with E-state index >= 15 is 0 Å². The van der Waals surface area contributed by atoms with Gasteiger partial charge in [-0.25, -0.2) is 0 Å². The van der Waals surface area contributed by atoms with Crippen LogP contribution in [0.5, 0.6) is 17.2 Å². The number of hydrogen-bond donors (Lipinski definition) is 1. The fourth-order valence-corrected chi connectivity index (χ4v) is 3.16. The van der Waals surface area contributed by atoms with E-state index in [1.165, 1.54) is 0 Å². The number of nitrogens with one attached hydrogen (secondary N) is 1. The summed E-state index contributed by atoms with van der Waals surface area (Å²) in [6.07, 6.45) is -0.530. The average Bonchev–Trinajstić information content (AvgIpc) is 2.67. The van der Waals surface area contributed by atoms with Crippen LogP contribution in [0.1, 0.15) is 5.56 Å². The van der Waals surface area contributed by atoms with Gasteiger partial charge in [-0.2, -0.15) is 0 Å². The molecule has 6 heteroatoms. The van der Waals surface area contributed by atoms with Gasteiger partial charge >= 0.3 is 0 Å². The van der Waals surface area contributed by atoms with Gasteiger partial charge in [0, 0.05) is 13.6 Å². The van der Waals surface area contributed by atoms with E-state index in [0.717, 1.165) is 28.5 Å². The van der Waals surface area contributed by atoms with Gasteiger partial charge in [0.15, 0.2) is 17.6 Å². The number of carbonyl (C=O) groups is 1. The smallest absolute Gasteiger partial charge is 0.262 e. The number of rotatable bonds is 3. The quantitative estimate of drug-likeness (QED) is 0.926. The van der Waals surface area contributed by atoms with Crippen molar-refractivity contribution in [1.29, 1.82) is 0 Å². The number of nitrogens with zero attached hydrogens (tertiary/aromatic N) is 1. The highest BCUT2D eigenvalue weighted by atomic mass is 16.6. The number of ether oxygens (including phenoxy) is 3. The standard InChI is InChI=1S/C19H20N2O4/c1-20-19(22)18-12-21(14-4-2-3-5-15(14)25-18)11-13-6-7-16-17(10-13)24-9-8-23-16/h2-7,10,18H,8-9,11-12H2,1H3,(H,20,22)/t18-/m0/s1. The van der Waals surface area contributed by atoms with E-state index < -0.39 is 6.10 Å². The van der Waals surface area contributed by atoms with Crippen LogP contribution in [-0.2, 0) is 11.3 Å². The van der Waals surface area contributed by atoms with Crippen molar-refractivity contribution in [3.8, 4) is 17.2 Å². The topological polar surface area (TPSA) is 60.0 Å². The van der Waals surface area contributed by atoms with Crippen molar-refractivity contribution >= 4 is 11.6 Å². The van der Waals surface area contributed by atoms with Crippen LogP contribution < -0.4 is 24.4 Å². The van der Waals surface area contributed by atoms with Crippen molar-refractivity contribution in [1.82, 2.24) is 5.32 Å². The van der Waals surface area contributed by atoms with Crippen LogP contribution in [0.15, 0.2) is 42.5 Å². The van der Waals surface area contributed by atoms with Crippen LogP contribution in [0.2, 0.25) is 0 Å². The number of benzene rings is 2. The molecule has 25 heavy (non-hydrogen) atoms. The molecule has 0 saturated carbocycles. The van der Waals surface area contributed by atoms with Gasteiger partial charge in [0.2, 0.25) is 0 Å². The highest BCUT2D eigenvalue weighted by Gasteiger charge is 2.30. The number of anilines is 1. The predicted octanol–water partition coefficient (Wildman–Crippen LogP) is 1.97. The Bertz CT molecular complexity index is 793. The lowest BCUT2D eigenvalue weighted by Crippen LogP contribution is -2.47. The van der Waals surface area contributed by atoms with E-state index in [9.17, 15) is 4.79 Å². The molecule has 2 aromatic carbocycles. The Morgan fingerprint density at radius 2 is 1.92 bits per heavy atom. The molecule has 2 aromatic rings. The summed E-state index contributed by atoms with van der Waals surface area (Å²) < 4.78 is 17.1. The van der Waals surface area contributed by atoms with Gasteiger partial charge in [-0.05, 0) is 29.8 Å². The van der Waals surface area contributed by atoms with Crippen molar-refractivity contribution in [2.24, 2.45) is 0 Å². The van der Waals surface area contributed by atoms with Gasteiger partial charge < -0.3 is 24.4 Å². The highest BCUT2D eigenvalue weighted by molar-refractivity contribution is 5.83. The van der Waals surface area contributed by atoms with E-state index in [1.807, 2.05) is 42.5 Å². The van der Waals surface area contributed by atoms with E-state index in [1.54, 1.807) is 7.05 Å². The van der Waals surface area contributed by atoms with E-state index in [2.05, 4.69) is 10.2 Å². The maximum atomic E-state index is 12.1. The second kappa shape index (κ2) is 6.55. The summed E-state index contributed by atoms with van der Waals surface area (Å²) in [5.41, 5.74) is 2.08. The van der Waals surface area contributed by atoms with Crippen molar-refractivity contribution in [2.45, 2.75) is 12.6 Å². The molecule has 0 radical (unpaired) electrons. The molecule has 1 atom stereocenters. The minimum absolute atomic E-state index is 0.123. The molecule has 0 bridgehead atoms. The molecule has 2 heterocycles. The molecular weight excluding hydrogens is 320 g/mol.